The second-order valence-electron chi connectivity index (χ2n) is 6.23. The van der Waals surface area contributed by atoms with E-state index in [2.05, 4.69) is 15.6 Å². The molecule has 0 spiro atoms. The number of carbonyl (C=O) groups excluding carboxylic acids is 1. The number of hydrogen-bond acceptors (Lipinski definition) is 4. The lowest BCUT2D eigenvalue weighted by atomic mass is 10.1. The molecule has 2 heterocycles. The van der Waals surface area contributed by atoms with Crippen LogP contribution in [0, 0.1) is 18.7 Å². The second kappa shape index (κ2) is 10.8. The van der Waals surface area contributed by atoms with Crippen LogP contribution in [0.15, 0.2) is 24.3 Å². The summed E-state index contributed by atoms with van der Waals surface area (Å²) in [6, 6.07) is 6.39. The molecule has 1 amide bonds. The highest BCUT2D eigenvalue weighted by Crippen LogP contribution is 2.21. The van der Waals surface area contributed by atoms with E-state index in [1.165, 1.54) is 29.9 Å². The van der Waals surface area contributed by atoms with Gasteiger partial charge in [-0.2, -0.15) is 0 Å². The van der Waals surface area contributed by atoms with Gasteiger partial charge in [-0.05, 0) is 56.5 Å². The summed E-state index contributed by atoms with van der Waals surface area (Å²) in [5, 5.41) is 7.22. The Morgan fingerprint density at radius 1 is 1.35 bits per heavy atom. The molecule has 1 fully saturated rings. The predicted octanol–water partition coefficient (Wildman–Crippen LogP) is 3.75. The molecule has 1 aliphatic heterocycles. The highest BCUT2D eigenvalue weighted by molar-refractivity contribution is 7.13. The summed E-state index contributed by atoms with van der Waals surface area (Å²) in [5.74, 6) is 0.384. The van der Waals surface area contributed by atoms with E-state index in [4.69, 9.17) is 0 Å². The van der Waals surface area contributed by atoms with Crippen LogP contribution >= 0.6 is 36.2 Å². The fourth-order valence-corrected chi connectivity index (χ4v) is 3.96. The second-order valence-corrected chi connectivity index (χ2v) is 7.31. The predicted molar refractivity (Wildman–Crippen MR) is 108 cm³/mol. The average molecular weight is 420 g/mol. The molecule has 2 N–H and O–H groups in total. The van der Waals surface area contributed by atoms with E-state index in [9.17, 15) is 9.18 Å². The Bertz CT molecular complexity index is 703. The summed E-state index contributed by atoms with van der Waals surface area (Å²) >= 11 is 1.42. The van der Waals surface area contributed by atoms with Gasteiger partial charge in [0.1, 0.15) is 10.7 Å². The van der Waals surface area contributed by atoms with Crippen LogP contribution in [0.2, 0.25) is 0 Å². The molecule has 4 nitrogen and oxygen atoms in total. The zero-order valence-electron chi connectivity index (χ0n) is 14.6. The summed E-state index contributed by atoms with van der Waals surface area (Å²) in [6.07, 6.45) is 2.82. The van der Waals surface area contributed by atoms with E-state index in [0.717, 1.165) is 35.8 Å². The molecular weight excluding hydrogens is 396 g/mol. The van der Waals surface area contributed by atoms with Crippen LogP contribution in [0.4, 0.5) is 4.39 Å². The maximum absolute atomic E-state index is 13.0. The number of benzene rings is 1. The van der Waals surface area contributed by atoms with Crippen molar-refractivity contribution in [3.05, 3.63) is 51.2 Å². The smallest absolute Gasteiger partial charge is 0.263 e. The van der Waals surface area contributed by atoms with E-state index in [0.29, 0.717) is 23.8 Å². The van der Waals surface area contributed by atoms with Crippen molar-refractivity contribution in [3.8, 4) is 0 Å². The van der Waals surface area contributed by atoms with Gasteiger partial charge in [0.2, 0.25) is 0 Å². The van der Waals surface area contributed by atoms with Crippen LogP contribution in [0.1, 0.15) is 38.8 Å². The summed E-state index contributed by atoms with van der Waals surface area (Å²) in [4.78, 5) is 17.5. The van der Waals surface area contributed by atoms with Crippen LogP contribution in [0.3, 0.4) is 0 Å². The van der Waals surface area contributed by atoms with Gasteiger partial charge in [0.05, 0.1) is 10.7 Å². The lowest BCUT2D eigenvalue weighted by Gasteiger charge is -2.08. The maximum atomic E-state index is 13.0. The van der Waals surface area contributed by atoms with Crippen molar-refractivity contribution >= 4 is 42.1 Å². The normalized spacial score (nSPS) is 15.8. The van der Waals surface area contributed by atoms with Gasteiger partial charge in [0, 0.05) is 13.0 Å². The number of nitrogens with one attached hydrogen (secondary N) is 2. The molecule has 2 aromatic rings. The topological polar surface area (TPSA) is 54.0 Å². The van der Waals surface area contributed by atoms with Crippen molar-refractivity contribution in [2.24, 2.45) is 5.92 Å². The fourth-order valence-electron chi connectivity index (χ4n) is 2.95. The van der Waals surface area contributed by atoms with Gasteiger partial charge in [-0.25, -0.2) is 9.37 Å². The van der Waals surface area contributed by atoms with Crippen LogP contribution in [0.5, 0.6) is 0 Å². The van der Waals surface area contributed by atoms with E-state index in [1.807, 2.05) is 6.92 Å². The van der Waals surface area contributed by atoms with Gasteiger partial charge < -0.3 is 10.6 Å². The van der Waals surface area contributed by atoms with Gasteiger partial charge in [-0.15, -0.1) is 36.2 Å². The van der Waals surface area contributed by atoms with Gasteiger partial charge in [0.25, 0.3) is 5.91 Å². The van der Waals surface area contributed by atoms with Crippen molar-refractivity contribution in [3.63, 3.8) is 0 Å². The number of aryl methyl sites for hydroxylation is 1. The van der Waals surface area contributed by atoms with Crippen LogP contribution in [0.25, 0.3) is 0 Å². The SMILES string of the molecule is Cc1nc(Cc2ccc(F)cc2)sc1C(=O)NCCC1CCNC1.Cl.Cl. The average Bonchev–Trinajstić information content (AvgIpc) is 3.19. The first-order chi connectivity index (χ1) is 11.6. The number of hydrogen-bond donors (Lipinski definition) is 2. The summed E-state index contributed by atoms with van der Waals surface area (Å²) in [5.41, 5.74) is 1.75. The van der Waals surface area contributed by atoms with E-state index in [1.54, 1.807) is 12.1 Å². The number of halogens is 3. The van der Waals surface area contributed by atoms with Crippen molar-refractivity contribution < 1.29 is 9.18 Å². The Balaban J connectivity index is 0.00000169. The molecule has 1 unspecified atom stereocenters. The number of carbonyl (C=O) groups is 1. The Labute approximate surface area is 169 Å². The number of thiazole rings is 1. The summed E-state index contributed by atoms with van der Waals surface area (Å²) in [6.45, 7) is 4.70. The first-order valence-corrected chi connectivity index (χ1v) is 9.13. The molecular formula is C18H24Cl2FN3OS. The minimum atomic E-state index is -0.244. The Kier molecular flexibility index (Phi) is 9.50. The van der Waals surface area contributed by atoms with Crippen molar-refractivity contribution in [2.75, 3.05) is 19.6 Å². The van der Waals surface area contributed by atoms with Crippen LogP contribution in [-0.4, -0.2) is 30.5 Å². The molecule has 144 valence electrons. The van der Waals surface area contributed by atoms with Gasteiger partial charge in [-0.1, -0.05) is 12.1 Å². The lowest BCUT2D eigenvalue weighted by Crippen LogP contribution is -2.26. The quantitative estimate of drug-likeness (QED) is 0.749. The minimum Gasteiger partial charge on any atom is -0.351 e. The van der Waals surface area contributed by atoms with Crippen molar-refractivity contribution in [2.45, 2.75) is 26.2 Å². The third-order valence-corrected chi connectivity index (χ3v) is 5.47. The summed E-state index contributed by atoms with van der Waals surface area (Å²) < 4.78 is 13.0. The van der Waals surface area contributed by atoms with E-state index < -0.39 is 0 Å². The van der Waals surface area contributed by atoms with Gasteiger partial charge in [-0.3, -0.25) is 4.79 Å². The molecule has 1 saturated heterocycles. The molecule has 1 aromatic carbocycles. The number of amides is 1. The third kappa shape index (κ3) is 6.20. The zero-order valence-corrected chi connectivity index (χ0v) is 17.0. The van der Waals surface area contributed by atoms with Crippen molar-refractivity contribution in [1.82, 2.24) is 15.6 Å². The number of aromatic nitrogens is 1. The Morgan fingerprint density at radius 3 is 2.73 bits per heavy atom. The molecule has 0 saturated carbocycles. The molecule has 1 atom stereocenters. The Morgan fingerprint density at radius 2 is 2.08 bits per heavy atom. The molecule has 0 aliphatic carbocycles. The molecule has 26 heavy (non-hydrogen) atoms. The largest absolute Gasteiger partial charge is 0.351 e. The zero-order chi connectivity index (χ0) is 16.9. The van der Waals surface area contributed by atoms with Crippen LogP contribution in [-0.2, 0) is 6.42 Å². The first-order valence-electron chi connectivity index (χ1n) is 8.31. The molecule has 8 heteroatoms. The summed E-state index contributed by atoms with van der Waals surface area (Å²) in [7, 11) is 0. The first kappa shape index (κ1) is 22.8. The molecule has 0 radical (unpaired) electrons. The van der Waals surface area contributed by atoms with E-state index in [-0.39, 0.29) is 36.5 Å². The maximum Gasteiger partial charge on any atom is 0.263 e. The minimum absolute atomic E-state index is 0. The lowest BCUT2D eigenvalue weighted by molar-refractivity contribution is 0.0955. The highest BCUT2D eigenvalue weighted by atomic mass is 35.5. The van der Waals surface area contributed by atoms with Gasteiger partial charge >= 0.3 is 0 Å². The number of rotatable bonds is 6. The van der Waals surface area contributed by atoms with Crippen molar-refractivity contribution in [1.29, 1.82) is 0 Å². The molecule has 3 rings (SSSR count). The third-order valence-electron chi connectivity index (χ3n) is 4.32. The standard InChI is InChI=1S/C18H22FN3OS.2ClH/c1-12-17(18(23)21-9-7-14-6-8-20-11-14)24-16(22-12)10-13-2-4-15(19)5-3-13;;/h2-5,14,20H,6-11H2,1H3,(H,21,23);2*1H. The Hall–Kier alpha value is -1.21. The monoisotopic (exact) mass is 419 g/mol. The molecule has 1 aromatic heterocycles. The number of nitrogens with zero attached hydrogens (tertiary/aromatic N) is 1. The van der Waals surface area contributed by atoms with Crippen LogP contribution < -0.4 is 10.6 Å². The van der Waals surface area contributed by atoms with E-state index >= 15 is 0 Å². The highest BCUT2D eigenvalue weighted by Gasteiger charge is 2.17. The molecule has 0 bridgehead atoms. The molecule has 1 aliphatic rings. The van der Waals surface area contributed by atoms with Gasteiger partial charge in [0.15, 0.2) is 0 Å². The fraction of sp³-hybridized carbons (Fsp3) is 0.444.